The summed E-state index contributed by atoms with van der Waals surface area (Å²) in [5, 5.41) is 0. The van der Waals surface area contributed by atoms with Crippen LogP contribution in [0.15, 0.2) is 0 Å². The summed E-state index contributed by atoms with van der Waals surface area (Å²) < 4.78 is 5.02. The van der Waals surface area contributed by atoms with Gasteiger partial charge in [-0.05, 0) is 33.4 Å². The van der Waals surface area contributed by atoms with Gasteiger partial charge in [0.15, 0.2) is 0 Å². The Kier molecular flexibility index (Phi) is 6.41. The number of carbonyl (C=O) groups is 2. The molecular weight excluding hydrogens is 294 g/mol. The lowest BCUT2D eigenvalue weighted by Crippen LogP contribution is -2.55. The Balaban J connectivity index is 1.96. The minimum Gasteiger partial charge on any atom is -0.384 e. The van der Waals surface area contributed by atoms with Gasteiger partial charge in [0.1, 0.15) is 0 Å². The number of ether oxygens (including phenoxy) is 1. The molecule has 2 heterocycles. The largest absolute Gasteiger partial charge is 0.384 e. The number of likely N-dealkylation sites (N-methyl/N-ethyl adjacent to an activating group) is 1. The summed E-state index contributed by atoms with van der Waals surface area (Å²) in [5.74, 6) is 0.447. The van der Waals surface area contributed by atoms with Crippen molar-refractivity contribution in [3.05, 3.63) is 0 Å². The Morgan fingerprint density at radius 2 is 2.09 bits per heavy atom. The number of likely N-dealkylation sites (tertiary alicyclic amines) is 2. The minimum absolute atomic E-state index is 0.0984. The third-order valence-electron chi connectivity index (χ3n) is 5.10. The highest BCUT2D eigenvalue weighted by Gasteiger charge is 2.42. The van der Waals surface area contributed by atoms with E-state index in [1.165, 1.54) is 0 Å². The molecule has 0 aliphatic carbocycles. The average Bonchev–Trinajstić information content (AvgIpc) is 2.54. The molecule has 0 unspecified atom stereocenters. The fourth-order valence-corrected chi connectivity index (χ4v) is 3.73. The SMILES string of the molecule is COCCC(=O)N1CCC[C@@]2(CCC(=O)N(CCN(C)C)C2)C1. The van der Waals surface area contributed by atoms with Crippen LogP contribution in [0.25, 0.3) is 0 Å². The number of methoxy groups -OCH3 is 1. The zero-order chi connectivity index (χ0) is 16.9. The Morgan fingerprint density at radius 3 is 2.78 bits per heavy atom. The maximum absolute atomic E-state index is 12.3. The van der Waals surface area contributed by atoms with Gasteiger partial charge in [-0.1, -0.05) is 0 Å². The average molecular weight is 325 g/mol. The predicted octanol–water partition coefficient (Wildman–Crippen LogP) is 0.816. The summed E-state index contributed by atoms with van der Waals surface area (Å²) in [6.07, 6.45) is 4.14. The van der Waals surface area contributed by atoms with Gasteiger partial charge in [-0.15, -0.1) is 0 Å². The molecule has 2 aliphatic rings. The highest BCUT2D eigenvalue weighted by atomic mass is 16.5. The molecule has 6 heteroatoms. The van der Waals surface area contributed by atoms with Crippen LogP contribution in [-0.4, -0.2) is 87.0 Å². The topological polar surface area (TPSA) is 53.1 Å². The lowest BCUT2D eigenvalue weighted by atomic mass is 9.73. The molecule has 2 saturated heterocycles. The first-order chi connectivity index (χ1) is 11.0. The Hall–Kier alpha value is -1.14. The maximum Gasteiger partial charge on any atom is 0.224 e. The normalized spacial score (nSPS) is 25.5. The van der Waals surface area contributed by atoms with Crippen LogP contribution in [0.3, 0.4) is 0 Å². The van der Waals surface area contributed by atoms with Crippen molar-refractivity contribution in [3.8, 4) is 0 Å². The standard InChI is InChI=1S/C17H31N3O3/c1-18(2)10-11-20-14-17(8-5-15(20)21)7-4-9-19(13-17)16(22)6-12-23-3/h4-14H2,1-3H3/t17-/m1/s1. The molecule has 0 aromatic heterocycles. The van der Waals surface area contributed by atoms with Crippen molar-refractivity contribution in [1.29, 1.82) is 0 Å². The highest BCUT2D eigenvalue weighted by molar-refractivity contribution is 5.78. The van der Waals surface area contributed by atoms with Crippen molar-refractivity contribution < 1.29 is 14.3 Å². The van der Waals surface area contributed by atoms with E-state index >= 15 is 0 Å². The van der Waals surface area contributed by atoms with Crippen molar-refractivity contribution in [2.75, 3.05) is 60.5 Å². The Labute approximate surface area is 139 Å². The second-order valence-corrected chi connectivity index (χ2v) is 7.28. The van der Waals surface area contributed by atoms with E-state index in [2.05, 4.69) is 4.90 Å². The monoisotopic (exact) mass is 325 g/mol. The zero-order valence-electron chi connectivity index (χ0n) is 14.8. The first kappa shape index (κ1) is 18.2. The third-order valence-corrected chi connectivity index (χ3v) is 5.10. The quantitative estimate of drug-likeness (QED) is 0.725. The smallest absolute Gasteiger partial charge is 0.224 e. The summed E-state index contributed by atoms with van der Waals surface area (Å²) in [6, 6.07) is 0. The van der Waals surface area contributed by atoms with E-state index in [1.54, 1.807) is 7.11 Å². The van der Waals surface area contributed by atoms with Gasteiger partial charge in [0.05, 0.1) is 13.0 Å². The number of hydrogen-bond acceptors (Lipinski definition) is 4. The van der Waals surface area contributed by atoms with E-state index in [4.69, 9.17) is 4.74 Å². The minimum atomic E-state index is 0.0984. The van der Waals surface area contributed by atoms with Gasteiger partial charge in [-0.3, -0.25) is 9.59 Å². The van der Waals surface area contributed by atoms with Crippen molar-refractivity contribution in [2.45, 2.75) is 32.1 Å². The molecule has 2 fully saturated rings. The molecule has 6 nitrogen and oxygen atoms in total. The third kappa shape index (κ3) is 4.91. The fourth-order valence-electron chi connectivity index (χ4n) is 3.73. The van der Waals surface area contributed by atoms with Crippen LogP contribution in [0, 0.1) is 5.41 Å². The van der Waals surface area contributed by atoms with Gasteiger partial charge in [0, 0.05) is 51.7 Å². The van der Waals surface area contributed by atoms with Crippen LogP contribution in [0.1, 0.15) is 32.1 Å². The van der Waals surface area contributed by atoms with Crippen LogP contribution in [-0.2, 0) is 14.3 Å². The van der Waals surface area contributed by atoms with Gasteiger partial charge in [-0.2, -0.15) is 0 Å². The lowest BCUT2D eigenvalue weighted by molar-refractivity contribution is -0.143. The number of hydrogen-bond donors (Lipinski definition) is 0. The molecule has 0 N–H and O–H groups in total. The molecule has 0 bridgehead atoms. The molecule has 23 heavy (non-hydrogen) atoms. The number of piperidine rings is 2. The molecule has 2 amide bonds. The lowest BCUT2D eigenvalue weighted by Gasteiger charge is -2.48. The van der Waals surface area contributed by atoms with E-state index in [1.807, 2.05) is 23.9 Å². The summed E-state index contributed by atoms with van der Waals surface area (Å²) in [5.41, 5.74) is 0.0984. The van der Waals surface area contributed by atoms with E-state index < -0.39 is 0 Å². The maximum atomic E-state index is 12.3. The predicted molar refractivity (Wildman–Crippen MR) is 89.1 cm³/mol. The second kappa shape index (κ2) is 8.11. The van der Waals surface area contributed by atoms with E-state index in [0.717, 1.165) is 52.0 Å². The Morgan fingerprint density at radius 1 is 1.30 bits per heavy atom. The molecule has 1 atom stereocenters. The molecule has 2 aliphatic heterocycles. The molecule has 1 spiro atoms. The highest BCUT2D eigenvalue weighted by Crippen LogP contribution is 2.38. The van der Waals surface area contributed by atoms with Crippen LogP contribution >= 0.6 is 0 Å². The van der Waals surface area contributed by atoms with E-state index in [0.29, 0.717) is 19.4 Å². The summed E-state index contributed by atoms with van der Waals surface area (Å²) >= 11 is 0. The second-order valence-electron chi connectivity index (χ2n) is 7.28. The Bertz CT molecular complexity index is 427. The van der Waals surface area contributed by atoms with Gasteiger partial charge in [-0.25, -0.2) is 0 Å². The van der Waals surface area contributed by atoms with Crippen molar-refractivity contribution >= 4 is 11.8 Å². The van der Waals surface area contributed by atoms with Gasteiger partial charge in [0.25, 0.3) is 0 Å². The first-order valence-corrected chi connectivity index (χ1v) is 8.65. The van der Waals surface area contributed by atoms with Crippen molar-refractivity contribution in [2.24, 2.45) is 5.41 Å². The first-order valence-electron chi connectivity index (χ1n) is 8.65. The molecule has 0 saturated carbocycles. The number of amides is 2. The molecule has 132 valence electrons. The van der Waals surface area contributed by atoms with Gasteiger partial charge < -0.3 is 19.4 Å². The zero-order valence-corrected chi connectivity index (χ0v) is 14.8. The number of nitrogens with zero attached hydrogens (tertiary/aromatic N) is 3. The number of rotatable bonds is 6. The van der Waals surface area contributed by atoms with Crippen LogP contribution < -0.4 is 0 Å². The van der Waals surface area contributed by atoms with Gasteiger partial charge in [0.2, 0.25) is 11.8 Å². The van der Waals surface area contributed by atoms with Crippen molar-refractivity contribution in [1.82, 2.24) is 14.7 Å². The van der Waals surface area contributed by atoms with Crippen LogP contribution in [0.4, 0.5) is 0 Å². The summed E-state index contributed by atoms with van der Waals surface area (Å²) in [6.45, 7) is 4.59. The fraction of sp³-hybridized carbons (Fsp3) is 0.882. The van der Waals surface area contributed by atoms with Gasteiger partial charge >= 0.3 is 0 Å². The molecule has 0 radical (unpaired) electrons. The van der Waals surface area contributed by atoms with E-state index in [-0.39, 0.29) is 17.2 Å². The van der Waals surface area contributed by atoms with E-state index in [9.17, 15) is 9.59 Å². The number of carbonyl (C=O) groups excluding carboxylic acids is 2. The molecule has 2 rings (SSSR count). The summed E-state index contributed by atoms with van der Waals surface area (Å²) in [4.78, 5) is 30.6. The summed E-state index contributed by atoms with van der Waals surface area (Å²) in [7, 11) is 5.68. The van der Waals surface area contributed by atoms with Crippen LogP contribution in [0.2, 0.25) is 0 Å². The molecule has 0 aromatic rings. The van der Waals surface area contributed by atoms with Crippen LogP contribution in [0.5, 0.6) is 0 Å². The molecular formula is C17H31N3O3. The molecule has 0 aromatic carbocycles. The van der Waals surface area contributed by atoms with Crippen molar-refractivity contribution in [3.63, 3.8) is 0 Å².